The molecule has 39 heavy (non-hydrogen) atoms. The molecule has 16 heteroatoms. The number of aromatic nitrogens is 2. The minimum absolute atomic E-state index is 0.321. The first-order chi connectivity index (χ1) is 18.1. The minimum Gasteiger partial charge on any atom is -0.475 e. The fourth-order valence-electron chi connectivity index (χ4n) is 4.28. The van der Waals surface area contributed by atoms with Crippen LogP contribution in [0.2, 0.25) is 0 Å². The van der Waals surface area contributed by atoms with Gasteiger partial charge in [0.2, 0.25) is 0 Å². The van der Waals surface area contributed by atoms with Crippen LogP contribution >= 0.6 is 0 Å². The molecular formula is C23H30F6N4O6. The summed E-state index contributed by atoms with van der Waals surface area (Å²) in [5.41, 5.74) is 1.30. The van der Waals surface area contributed by atoms with Gasteiger partial charge in [0.15, 0.2) is 0 Å². The highest BCUT2D eigenvalue weighted by Crippen LogP contribution is 2.35. The van der Waals surface area contributed by atoms with E-state index in [1.807, 2.05) is 30.1 Å². The van der Waals surface area contributed by atoms with Gasteiger partial charge in [0.25, 0.3) is 0 Å². The van der Waals surface area contributed by atoms with Gasteiger partial charge in [-0.25, -0.2) is 9.59 Å². The molecule has 2 N–H and O–H groups in total. The number of likely N-dealkylation sites (tertiary alicyclic amines) is 1. The first-order valence-corrected chi connectivity index (χ1v) is 11.7. The van der Waals surface area contributed by atoms with Gasteiger partial charge in [-0.1, -0.05) is 0 Å². The van der Waals surface area contributed by atoms with Crippen molar-refractivity contribution in [1.29, 1.82) is 0 Å². The third kappa shape index (κ3) is 10.9. The van der Waals surface area contributed by atoms with Gasteiger partial charge < -0.3 is 19.4 Å². The molecule has 2 aliphatic rings. The van der Waals surface area contributed by atoms with Gasteiger partial charge >= 0.3 is 24.3 Å². The zero-order valence-corrected chi connectivity index (χ0v) is 21.2. The molecule has 4 rings (SSSR count). The summed E-state index contributed by atoms with van der Waals surface area (Å²) in [6.45, 7) is 6.00. The lowest BCUT2D eigenvalue weighted by molar-refractivity contribution is -0.193. The number of nitrogens with zero attached hydrogens (tertiary/aromatic N) is 4. The molecule has 2 saturated heterocycles. The fraction of sp³-hybridized carbons (Fsp3) is 0.609. The van der Waals surface area contributed by atoms with Crippen LogP contribution in [0.15, 0.2) is 35.2 Å². The van der Waals surface area contributed by atoms with Crippen molar-refractivity contribution in [2.75, 3.05) is 33.3 Å². The van der Waals surface area contributed by atoms with Crippen molar-refractivity contribution in [3.05, 3.63) is 42.1 Å². The maximum absolute atomic E-state index is 10.6. The Morgan fingerprint density at radius 3 is 2.26 bits per heavy atom. The monoisotopic (exact) mass is 572 g/mol. The number of aliphatic carboxylic acids is 2. The summed E-state index contributed by atoms with van der Waals surface area (Å²) in [7, 11) is 4.13. The summed E-state index contributed by atoms with van der Waals surface area (Å²) in [6.07, 6.45) is -2.77. The molecule has 2 aliphatic heterocycles. The predicted molar refractivity (Wildman–Crippen MR) is 122 cm³/mol. The first-order valence-electron chi connectivity index (χ1n) is 11.7. The van der Waals surface area contributed by atoms with Gasteiger partial charge in [-0.05, 0) is 38.1 Å². The first kappa shape index (κ1) is 32.1. The number of rotatable bonds is 6. The maximum atomic E-state index is 10.6. The Bertz CT molecular complexity index is 1020. The van der Waals surface area contributed by atoms with Gasteiger partial charge in [0.05, 0.1) is 31.7 Å². The zero-order chi connectivity index (χ0) is 29.4. The third-order valence-electron chi connectivity index (χ3n) is 6.04. The number of piperidine rings is 1. The number of aryl methyl sites for hydroxylation is 1. The van der Waals surface area contributed by atoms with Crippen molar-refractivity contribution in [2.45, 2.75) is 38.0 Å². The highest BCUT2D eigenvalue weighted by molar-refractivity contribution is 5.73. The summed E-state index contributed by atoms with van der Waals surface area (Å²) >= 11 is 0. The molecule has 0 saturated carbocycles. The Morgan fingerprint density at radius 1 is 1.15 bits per heavy atom. The van der Waals surface area contributed by atoms with E-state index in [9.17, 15) is 26.3 Å². The number of alkyl halides is 6. The Kier molecular flexibility index (Phi) is 11.4. The smallest absolute Gasteiger partial charge is 0.475 e. The summed E-state index contributed by atoms with van der Waals surface area (Å²) in [5, 5.41) is 18.5. The van der Waals surface area contributed by atoms with Crippen LogP contribution < -0.4 is 0 Å². The number of carbonyl (C=O) groups is 2. The number of fused-ring (bicyclic) bond motifs is 1. The van der Waals surface area contributed by atoms with Gasteiger partial charge in [0, 0.05) is 44.4 Å². The zero-order valence-electron chi connectivity index (χ0n) is 21.2. The molecule has 2 fully saturated rings. The van der Waals surface area contributed by atoms with E-state index in [1.165, 1.54) is 12.0 Å². The summed E-state index contributed by atoms with van der Waals surface area (Å²) in [5.74, 6) is -3.16. The maximum Gasteiger partial charge on any atom is 0.490 e. The van der Waals surface area contributed by atoms with Crippen LogP contribution in [0.1, 0.15) is 17.7 Å². The summed E-state index contributed by atoms with van der Waals surface area (Å²) in [4.78, 5) is 22.7. The molecule has 3 atom stereocenters. The lowest BCUT2D eigenvalue weighted by Gasteiger charge is -2.36. The average molecular weight is 573 g/mol. The van der Waals surface area contributed by atoms with Crippen molar-refractivity contribution >= 4 is 11.9 Å². The minimum atomic E-state index is -5.08. The molecule has 10 nitrogen and oxygen atoms in total. The SMILES string of the molecule is CN(Cc1ccco1)C[C@H]1OC[C@@H]2CCN(Cc3cnn(C)c3)C[C@@H]21.O=C(O)C(F)(F)F.O=C(O)C(F)(F)F. The lowest BCUT2D eigenvalue weighted by atomic mass is 9.84. The molecule has 0 spiro atoms. The van der Waals surface area contributed by atoms with Crippen LogP contribution in [0.5, 0.6) is 0 Å². The van der Waals surface area contributed by atoms with Crippen molar-refractivity contribution < 1.29 is 55.3 Å². The van der Waals surface area contributed by atoms with Crippen molar-refractivity contribution in [3.8, 4) is 0 Å². The van der Waals surface area contributed by atoms with Gasteiger partial charge in [-0.15, -0.1) is 0 Å². The summed E-state index contributed by atoms with van der Waals surface area (Å²) in [6, 6.07) is 3.98. The van der Waals surface area contributed by atoms with Crippen molar-refractivity contribution in [1.82, 2.24) is 19.6 Å². The molecule has 0 aliphatic carbocycles. The molecular weight excluding hydrogens is 542 g/mol. The van der Waals surface area contributed by atoms with E-state index >= 15 is 0 Å². The molecule has 0 radical (unpaired) electrons. The van der Waals surface area contributed by atoms with Crippen LogP contribution in [0.4, 0.5) is 26.3 Å². The average Bonchev–Trinajstić information content (AvgIpc) is 3.56. The Balaban J connectivity index is 0.000000317. The quantitative estimate of drug-likeness (QED) is 0.503. The molecule has 220 valence electrons. The number of ether oxygens (including phenoxy) is 1. The normalized spacial score (nSPS) is 21.4. The Morgan fingerprint density at radius 2 is 1.77 bits per heavy atom. The van der Waals surface area contributed by atoms with Crippen molar-refractivity contribution in [2.24, 2.45) is 18.9 Å². The highest BCUT2D eigenvalue weighted by atomic mass is 19.4. The second-order valence-electron chi connectivity index (χ2n) is 9.22. The molecule has 0 unspecified atom stereocenters. The second kappa shape index (κ2) is 13.8. The van der Waals surface area contributed by atoms with Crippen LogP contribution in [-0.4, -0.2) is 93.5 Å². The van der Waals surface area contributed by atoms with E-state index in [2.05, 4.69) is 28.1 Å². The number of furan rings is 1. The number of likely N-dealkylation sites (N-methyl/N-ethyl adjacent to an activating group) is 1. The fourth-order valence-corrected chi connectivity index (χ4v) is 4.28. The Labute approximate surface area is 219 Å². The molecule has 0 aromatic carbocycles. The highest BCUT2D eigenvalue weighted by Gasteiger charge is 2.41. The standard InChI is InChI=1S/C19H28N4O2.2C2HF3O2/c1-21(11-17-4-3-7-24-17)13-19-18-12-23(6-5-16(18)14-25-19)10-15-8-20-22(2)9-15;2*3-2(4,5)1(6)7/h3-4,7-9,16,18-19H,5-6,10-14H2,1-2H3;2*(H,6,7)/t16-,18-,19+;;/m0../s1. The predicted octanol–water partition coefficient (Wildman–Crippen LogP) is 3.25. The largest absolute Gasteiger partial charge is 0.490 e. The van der Waals surface area contributed by atoms with E-state index in [0.29, 0.717) is 17.9 Å². The van der Waals surface area contributed by atoms with E-state index in [-0.39, 0.29) is 0 Å². The van der Waals surface area contributed by atoms with E-state index in [1.54, 1.807) is 6.26 Å². The van der Waals surface area contributed by atoms with Gasteiger partial charge in [0.1, 0.15) is 5.76 Å². The number of carboxylic acids is 2. The second-order valence-corrected chi connectivity index (χ2v) is 9.22. The van der Waals surface area contributed by atoms with Crippen LogP contribution in [0, 0.1) is 11.8 Å². The van der Waals surface area contributed by atoms with Crippen LogP contribution in [0.3, 0.4) is 0 Å². The van der Waals surface area contributed by atoms with Crippen LogP contribution in [-0.2, 0) is 34.5 Å². The number of carboxylic acid groups (broad SMARTS) is 2. The van der Waals surface area contributed by atoms with Gasteiger partial charge in [-0.3, -0.25) is 14.5 Å². The Hall–Kier alpha value is -3.11. The molecule has 2 aromatic rings. The summed E-state index contributed by atoms with van der Waals surface area (Å²) < 4.78 is 77.0. The van der Waals surface area contributed by atoms with E-state index < -0.39 is 24.3 Å². The molecule has 0 amide bonds. The topological polar surface area (TPSA) is 121 Å². The van der Waals surface area contributed by atoms with Crippen molar-refractivity contribution in [3.63, 3.8) is 0 Å². The van der Waals surface area contributed by atoms with E-state index in [0.717, 1.165) is 45.1 Å². The van der Waals surface area contributed by atoms with E-state index in [4.69, 9.17) is 29.0 Å². The molecule has 0 bridgehead atoms. The number of halogens is 6. The number of hydrogen-bond donors (Lipinski definition) is 2. The lowest BCUT2D eigenvalue weighted by Crippen LogP contribution is -2.44. The molecule has 4 heterocycles. The number of hydrogen-bond acceptors (Lipinski definition) is 7. The van der Waals surface area contributed by atoms with Gasteiger partial charge in [-0.2, -0.15) is 31.4 Å². The third-order valence-corrected chi connectivity index (χ3v) is 6.04. The van der Waals surface area contributed by atoms with Crippen LogP contribution in [0.25, 0.3) is 0 Å². The molecule has 2 aromatic heterocycles.